The molecule has 4 heteroatoms. The third kappa shape index (κ3) is 2.23. The van der Waals surface area contributed by atoms with Gasteiger partial charge in [0, 0.05) is 0 Å². The standard InChI is InChI=1S/C11H18O4/c1-11(2)14-9-7(12)5-3-4-6-8(13)10(9)15-11/h3-4,7-10,12-13H,5-6H2,1-2H3. The van der Waals surface area contributed by atoms with Crippen LogP contribution in [0.15, 0.2) is 12.2 Å². The zero-order valence-electron chi connectivity index (χ0n) is 9.09. The molecule has 1 fully saturated rings. The Balaban J connectivity index is 2.19. The lowest BCUT2D eigenvalue weighted by Gasteiger charge is -2.26. The van der Waals surface area contributed by atoms with E-state index in [2.05, 4.69) is 0 Å². The van der Waals surface area contributed by atoms with Crippen molar-refractivity contribution in [2.24, 2.45) is 0 Å². The molecule has 0 aromatic rings. The van der Waals surface area contributed by atoms with E-state index in [1.807, 2.05) is 12.2 Å². The predicted octanol–water partition coefficient (Wildman–Crippen LogP) is 0.578. The van der Waals surface area contributed by atoms with Crippen molar-refractivity contribution in [3.05, 3.63) is 12.2 Å². The van der Waals surface area contributed by atoms with Crippen LogP contribution in [0.2, 0.25) is 0 Å². The number of rotatable bonds is 0. The molecule has 1 aliphatic heterocycles. The summed E-state index contributed by atoms with van der Waals surface area (Å²) in [6.07, 6.45) is 2.77. The summed E-state index contributed by atoms with van der Waals surface area (Å²) in [7, 11) is 0. The highest BCUT2D eigenvalue weighted by molar-refractivity contribution is 4.99. The van der Waals surface area contributed by atoms with E-state index in [1.165, 1.54) is 0 Å². The van der Waals surface area contributed by atoms with Crippen molar-refractivity contribution in [3.8, 4) is 0 Å². The molecule has 0 saturated carbocycles. The highest BCUT2D eigenvalue weighted by atomic mass is 16.8. The van der Waals surface area contributed by atoms with E-state index in [0.717, 1.165) is 0 Å². The van der Waals surface area contributed by atoms with E-state index < -0.39 is 30.2 Å². The van der Waals surface area contributed by atoms with Crippen LogP contribution < -0.4 is 0 Å². The first-order valence-corrected chi connectivity index (χ1v) is 5.36. The van der Waals surface area contributed by atoms with Crippen molar-refractivity contribution >= 4 is 0 Å². The largest absolute Gasteiger partial charge is 0.390 e. The zero-order valence-corrected chi connectivity index (χ0v) is 9.09. The molecule has 1 heterocycles. The van der Waals surface area contributed by atoms with E-state index in [-0.39, 0.29) is 0 Å². The number of hydrogen-bond acceptors (Lipinski definition) is 4. The topological polar surface area (TPSA) is 58.9 Å². The smallest absolute Gasteiger partial charge is 0.164 e. The highest BCUT2D eigenvalue weighted by Gasteiger charge is 2.47. The lowest BCUT2D eigenvalue weighted by Crippen LogP contribution is -2.42. The molecule has 4 unspecified atom stereocenters. The Morgan fingerprint density at radius 1 is 1.00 bits per heavy atom. The molecule has 86 valence electrons. The summed E-state index contributed by atoms with van der Waals surface area (Å²) >= 11 is 0. The summed E-state index contributed by atoms with van der Waals surface area (Å²) in [5.74, 6) is -0.721. The van der Waals surface area contributed by atoms with Crippen molar-refractivity contribution in [2.45, 2.75) is 56.9 Å². The van der Waals surface area contributed by atoms with Crippen molar-refractivity contribution in [1.29, 1.82) is 0 Å². The summed E-state index contributed by atoms with van der Waals surface area (Å²) < 4.78 is 11.2. The maximum Gasteiger partial charge on any atom is 0.164 e. The van der Waals surface area contributed by atoms with Crippen molar-refractivity contribution in [2.75, 3.05) is 0 Å². The molecule has 0 spiro atoms. The maximum absolute atomic E-state index is 9.87. The van der Waals surface area contributed by atoms with Gasteiger partial charge in [0.2, 0.25) is 0 Å². The van der Waals surface area contributed by atoms with Crippen LogP contribution in [0.25, 0.3) is 0 Å². The number of aliphatic hydroxyl groups is 2. The Morgan fingerprint density at radius 2 is 1.40 bits per heavy atom. The average Bonchev–Trinajstić information content (AvgIpc) is 2.47. The molecule has 2 N–H and O–H groups in total. The van der Waals surface area contributed by atoms with Gasteiger partial charge in [-0.3, -0.25) is 0 Å². The van der Waals surface area contributed by atoms with E-state index in [1.54, 1.807) is 13.8 Å². The Morgan fingerprint density at radius 3 is 1.80 bits per heavy atom. The Hall–Kier alpha value is -0.420. The quantitative estimate of drug-likeness (QED) is 0.579. The molecule has 0 radical (unpaired) electrons. The van der Waals surface area contributed by atoms with Crippen molar-refractivity contribution < 1.29 is 19.7 Å². The molecule has 0 aromatic carbocycles. The number of hydrogen-bond donors (Lipinski definition) is 2. The average molecular weight is 214 g/mol. The lowest BCUT2D eigenvalue weighted by molar-refractivity contribution is -0.160. The van der Waals surface area contributed by atoms with Crippen LogP contribution in [0.5, 0.6) is 0 Å². The summed E-state index contributed by atoms with van der Waals surface area (Å²) in [6, 6.07) is 0. The first-order chi connectivity index (χ1) is 6.99. The van der Waals surface area contributed by atoms with E-state index in [4.69, 9.17) is 9.47 Å². The molecular formula is C11H18O4. The summed E-state index contributed by atoms with van der Waals surface area (Å²) in [6.45, 7) is 3.59. The van der Waals surface area contributed by atoms with E-state index in [0.29, 0.717) is 12.8 Å². The van der Waals surface area contributed by atoms with Crippen LogP contribution in [0.4, 0.5) is 0 Å². The van der Waals surface area contributed by atoms with Crippen LogP contribution in [-0.4, -0.2) is 40.4 Å². The van der Waals surface area contributed by atoms with Crippen LogP contribution in [-0.2, 0) is 9.47 Å². The van der Waals surface area contributed by atoms with Gasteiger partial charge in [-0.05, 0) is 26.7 Å². The minimum absolute atomic E-state index is 0.431. The third-order valence-electron chi connectivity index (χ3n) is 2.84. The Bertz CT molecular complexity index is 237. The summed E-state index contributed by atoms with van der Waals surface area (Å²) in [5.41, 5.74) is 0. The minimum Gasteiger partial charge on any atom is -0.390 e. The van der Waals surface area contributed by atoms with Crippen molar-refractivity contribution in [3.63, 3.8) is 0 Å². The van der Waals surface area contributed by atoms with Gasteiger partial charge in [0.15, 0.2) is 5.79 Å². The summed E-state index contributed by atoms with van der Waals surface area (Å²) in [5, 5.41) is 19.7. The second-order valence-corrected chi connectivity index (χ2v) is 4.64. The van der Waals surface area contributed by atoms with Crippen molar-refractivity contribution in [1.82, 2.24) is 0 Å². The van der Waals surface area contributed by atoms with Gasteiger partial charge in [0.25, 0.3) is 0 Å². The fraction of sp³-hybridized carbons (Fsp3) is 0.818. The van der Waals surface area contributed by atoms with Gasteiger partial charge in [-0.25, -0.2) is 0 Å². The molecule has 4 atom stereocenters. The van der Waals surface area contributed by atoms with Gasteiger partial charge >= 0.3 is 0 Å². The fourth-order valence-corrected chi connectivity index (χ4v) is 2.15. The molecule has 2 aliphatic rings. The molecule has 0 aromatic heterocycles. The number of aliphatic hydroxyl groups excluding tert-OH is 2. The fourth-order valence-electron chi connectivity index (χ4n) is 2.15. The molecule has 1 aliphatic carbocycles. The van der Waals surface area contributed by atoms with E-state index >= 15 is 0 Å². The molecule has 0 bridgehead atoms. The first-order valence-electron chi connectivity index (χ1n) is 5.36. The van der Waals surface area contributed by atoms with Gasteiger partial charge in [-0.15, -0.1) is 0 Å². The second-order valence-electron chi connectivity index (χ2n) is 4.64. The first kappa shape index (κ1) is 11.1. The molecule has 0 amide bonds. The van der Waals surface area contributed by atoms with Gasteiger partial charge in [0.1, 0.15) is 12.2 Å². The monoisotopic (exact) mass is 214 g/mol. The van der Waals surface area contributed by atoms with Gasteiger partial charge in [0.05, 0.1) is 12.2 Å². The van der Waals surface area contributed by atoms with E-state index in [9.17, 15) is 10.2 Å². The maximum atomic E-state index is 9.87. The second kappa shape index (κ2) is 3.87. The molecule has 1 saturated heterocycles. The predicted molar refractivity (Wildman–Crippen MR) is 54.2 cm³/mol. The molecule has 4 nitrogen and oxygen atoms in total. The Labute approximate surface area is 89.5 Å². The number of ether oxygens (including phenoxy) is 2. The highest BCUT2D eigenvalue weighted by Crippen LogP contribution is 2.34. The third-order valence-corrected chi connectivity index (χ3v) is 2.84. The lowest BCUT2D eigenvalue weighted by atomic mass is 9.96. The van der Waals surface area contributed by atoms with Gasteiger partial charge < -0.3 is 19.7 Å². The Kier molecular flexibility index (Phi) is 2.85. The van der Waals surface area contributed by atoms with Crippen LogP contribution >= 0.6 is 0 Å². The van der Waals surface area contributed by atoms with Crippen LogP contribution in [0.1, 0.15) is 26.7 Å². The van der Waals surface area contributed by atoms with Gasteiger partial charge in [-0.1, -0.05) is 12.2 Å². The minimum atomic E-state index is -0.721. The molecular weight excluding hydrogens is 196 g/mol. The SMILES string of the molecule is CC1(C)OC2C(O)CC=CCC(O)C2O1. The molecule has 2 rings (SSSR count). The van der Waals surface area contributed by atoms with Crippen LogP contribution in [0, 0.1) is 0 Å². The number of fused-ring (bicyclic) bond motifs is 1. The van der Waals surface area contributed by atoms with Gasteiger partial charge in [-0.2, -0.15) is 0 Å². The zero-order chi connectivity index (χ0) is 11.1. The van der Waals surface area contributed by atoms with Crippen LogP contribution in [0.3, 0.4) is 0 Å². The summed E-state index contributed by atoms with van der Waals surface area (Å²) in [4.78, 5) is 0. The normalized spacial score (nSPS) is 44.5. The molecule has 15 heavy (non-hydrogen) atoms.